The molecule has 2 heterocycles. The van der Waals surface area contributed by atoms with Gasteiger partial charge in [-0.1, -0.05) is 30.0 Å². The van der Waals surface area contributed by atoms with Gasteiger partial charge in [-0.3, -0.25) is 0 Å². The molecule has 7 heteroatoms. The molecular formula is C13H20N4OS2. The second-order valence-corrected chi connectivity index (χ2v) is 7.15. The summed E-state index contributed by atoms with van der Waals surface area (Å²) < 4.78 is 6.65. The number of nitrogens with two attached hydrogens (primary N) is 1. The largest absolute Gasteiger partial charge is 0.465 e. The predicted molar refractivity (Wildman–Crippen MR) is 84.5 cm³/mol. The van der Waals surface area contributed by atoms with Gasteiger partial charge in [-0.25, -0.2) is 0 Å². The number of aryl methyl sites for hydroxylation is 1. The average Bonchev–Trinajstić information content (AvgIpc) is 3.04. The Balaban J connectivity index is 2.19. The minimum Gasteiger partial charge on any atom is -0.465 e. The normalized spacial score (nSPS) is 14.2. The maximum absolute atomic E-state index is 6.24. The Morgan fingerprint density at radius 3 is 2.65 bits per heavy atom. The van der Waals surface area contributed by atoms with Gasteiger partial charge in [-0.05, 0) is 25.5 Å². The van der Waals surface area contributed by atoms with Crippen LogP contribution in [0, 0.1) is 6.92 Å². The maximum atomic E-state index is 6.24. The third-order valence-electron chi connectivity index (χ3n) is 2.91. The fourth-order valence-corrected chi connectivity index (χ4v) is 3.86. The fraction of sp³-hybridized carbons (Fsp3) is 0.538. The molecule has 0 bridgehead atoms. The first-order valence-electron chi connectivity index (χ1n) is 6.50. The van der Waals surface area contributed by atoms with Crippen molar-refractivity contribution >= 4 is 28.2 Å². The Labute approximate surface area is 127 Å². The molecule has 0 aliphatic rings. The van der Waals surface area contributed by atoms with Crippen molar-refractivity contribution in [3.63, 3.8) is 0 Å². The molecule has 0 aromatic carbocycles. The highest BCUT2D eigenvalue weighted by Gasteiger charge is 2.25. The number of hydrogen-bond donors (Lipinski definition) is 1. The van der Waals surface area contributed by atoms with Crippen LogP contribution in [0.25, 0.3) is 0 Å². The zero-order chi connectivity index (χ0) is 14.7. The second-order valence-electron chi connectivity index (χ2n) is 4.80. The molecule has 2 N–H and O–H groups in total. The summed E-state index contributed by atoms with van der Waals surface area (Å²) in [4.78, 5) is 1.95. The van der Waals surface area contributed by atoms with Crippen molar-refractivity contribution in [3.05, 3.63) is 23.7 Å². The number of aromatic nitrogens is 2. The van der Waals surface area contributed by atoms with E-state index in [0.29, 0.717) is 0 Å². The lowest BCUT2D eigenvalue weighted by atomic mass is 10.1. The van der Waals surface area contributed by atoms with Gasteiger partial charge in [-0.15, -0.1) is 10.2 Å². The second kappa shape index (κ2) is 6.60. The molecule has 5 nitrogen and oxygen atoms in total. The first-order chi connectivity index (χ1) is 9.51. The van der Waals surface area contributed by atoms with Crippen LogP contribution in [0.4, 0.5) is 5.13 Å². The third-order valence-corrected chi connectivity index (χ3v) is 5.45. The van der Waals surface area contributed by atoms with E-state index >= 15 is 0 Å². The molecule has 0 radical (unpaired) electrons. The SMILES string of the molecule is CCC(N)C(Sc1nnc(N(C)C)s1)c1ccc(C)o1. The Morgan fingerprint density at radius 2 is 2.15 bits per heavy atom. The lowest BCUT2D eigenvalue weighted by molar-refractivity contribution is 0.454. The number of anilines is 1. The van der Waals surface area contributed by atoms with E-state index in [1.807, 2.05) is 38.1 Å². The van der Waals surface area contributed by atoms with E-state index in [1.54, 1.807) is 23.1 Å². The van der Waals surface area contributed by atoms with Crippen LogP contribution in [0.5, 0.6) is 0 Å². The zero-order valence-electron chi connectivity index (χ0n) is 12.2. The highest BCUT2D eigenvalue weighted by atomic mass is 32.2. The number of furan rings is 1. The summed E-state index contributed by atoms with van der Waals surface area (Å²) in [7, 11) is 3.92. The summed E-state index contributed by atoms with van der Waals surface area (Å²) in [6.45, 7) is 4.02. The molecule has 2 unspecified atom stereocenters. The highest BCUT2D eigenvalue weighted by Crippen LogP contribution is 2.40. The van der Waals surface area contributed by atoms with Gasteiger partial charge in [0.05, 0.1) is 5.25 Å². The van der Waals surface area contributed by atoms with Gasteiger partial charge in [0, 0.05) is 20.1 Å². The minimum absolute atomic E-state index is 0.0252. The highest BCUT2D eigenvalue weighted by molar-refractivity contribution is 8.01. The van der Waals surface area contributed by atoms with E-state index in [9.17, 15) is 0 Å². The van der Waals surface area contributed by atoms with Crippen molar-refractivity contribution in [2.45, 2.75) is 35.9 Å². The molecule has 0 spiro atoms. The van der Waals surface area contributed by atoms with E-state index < -0.39 is 0 Å². The molecule has 20 heavy (non-hydrogen) atoms. The lowest BCUT2D eigenvalue weighted by Crippen LogP contribution is -2.25. The Hall–Kier alpha value is -1.05. The van der Waals surface area contributed by atoms with Crippen molar-refractivity contribution in [1.29, 1.82) is 0 Å². The molecule has 2 aromatic rings. The molecule has 2 aromatic heterocycles. The standard InChI is InChI=1S/C13H20N4OS2/c1-5-9(14)11(10-7-6-8(2)18-10)19-13-16-15-12(20-13)17(3)4/h6-7,9,11H,5,14H2,1-4H3. The number of thioether (sulfide) groups is 1. The summed E-state index contributed by atoms with van der Waals surface area (Å²) >= 11 is 3.19. The Morgan fingerprint density at radius 1 is 1.40 bits per heavy atom. The van der Waals surface area contributed by atoms with E-state index in [-0.39, 0.29) is 11.3 Å². The molecule has 0 amide bonds. The smallest absolute Gasteiger partial charge is 0.208 e. The van der Waals surface area contributed by atoms with Crippen molar-refractivity contribution in [1.82, 2.24) is 10.2 Å². The molecule has 0 saturated carbocycles. The summed E-state index contributed by atoms with van der Waals surface area (Å²) in [5.41, 5.74) is 6.24. The van der Waals surface area contributed by atoms with Gasteiger partial charge in [0.2, 0.25) is 5.13 Å². The van der Waals surface area contributed by atoms with Crippen LogP contribution in [0.1, 0.15) is 30.1 Å². The van der Waals surface area contributed by atoms with E-state index in [4.69, 9.17) is 10.2 Å². The monoisotopic (exact) mass is 312 g/mol. The van der Waals surface area contributed by atoms with Gasteiger partial charge in [0.15, 0.2) is 4.34 Å². The van der Waals surface area contributed by atoms with Gasteiger partial charge >= 0.3 is 0 Å². The zero-order valence-corrected chi connectivity index (χ0v) is 13.8. The van der Waals surface area contributed by atoms with Crippen LogP contribution in [-0.2, 0) is 0 Å². The molecule has 0 saturated heterocycles. The lowest BCUT2D eigenvalue weighted by Gasteiger charge is -2.18. The van der Waals surface area contributed by atoms with Crippen LogP contribution in [0.3, 0.4) is 0 Å². The fourth-order valence-electron chi connectivity index (χ4n) is 1.72. The van der Waals surface area contributed by atoms with Crippen LogP contribution < -0.4 is 10.6 Å². The number of nitrogens with zero attached hydrogens (tertiary/aromatic N) is 3. The van der Waals surface area contributed by atoms with Crippen molar-refractivity contribution in [3.8, 4) is 0 Å². The first-order valence-corrected chi connectivity index (χ1v) is 8.20. The van der Waals surface area contributed by atoms with Gasteiger partial charge < -0.3 is 15.1 Å². The molecule has 0 aliphatic heterocycles. The molecule has 2 rings (SSSR count). The molecular weight excluding hydrogens is 292 g/mol. The molecule has 2 atom stereocenters. The molecule has 0 fully saturated rings. The van der Waals surface area contributed by atoms with Crippen LogP contribution >= 0.6 is 23.1 Å². The quantitative estimate of drug-likeness (QED) is 0.827. The van der Waals surface area contributed by atoms with Crippen LogP contribution in [-0.4, -0.2) is 30.3 Å². The maximum Gasteiger partial charge on any atom is 0.208 e. The van der Waals surface area contributed by atoms with Gasteiger partial charge in [0.1, 0.15) is 11.5 Å². The topological polar surface area (TPSA) is 68.2 Å². The Kier molecular flexibility index (Phi) is 5.06. The van der Waals surface area contributed by atoms with Crippen molar-refractivity contribution in [2.75, 3.05) is 19.0 Å². The van der Waals surface area contributed by atoms with Gasteiger partial charge in [-0.2, -0.15) is 0 Å². The van der Waals surface area contributed by atoms with E-state index in [1.165, 1.54) is 0 Å². The van der Waals surface area contributed by atoms with Gasteiger partial charge in [0.25, 0.3) is 0 Å². The average molecular weight is 312 g/mol. The van der Waals surface area contributed by atoms with Crippen molar-refractivity contribution in [2.24, 2.45) is 5.73 Å². The summed E-state index contributed by atoms with van der Waals surface area (Å²) in [6, 6.07) is 3.99. The summed E-state index contributed by atoms with van der Waals surface area (Å²) in [5.74, 6) is 1.81. The summed E-state index contributed by atoms with van der Waals surface area (Å²) in [6.07, 6.45) is 0.886. The van der Waals surface area contributed by atoms with Crippen LogP contribution in [0.15, 0.2) is 20.9 Å². The van der Waals surface area contributed by atoms with Crippen molar-refractivity contribution < 1.29 is 4.42 Å². The first kappa shape index (κ1) is 15.3. The third kappa shape index (κ3) is 3.53. The predicted octanol–water partition coefficient (Wildman–Crippen LogP) is 3.08. The van der Waals surface area contributed by atoms with E-state index in [2.05, 4.69) is 17.1 Å². The summed E-state index contributed by atoms with van der Waals surface area (Å²) in [5, 5.41) is 9.34. The van der Waals surface area contributed by atoms with Crippen LogP contribution in [0.2, 0.25) is 0 Å². The Bertz CT molecular complexity index is 552. The molecule has 0 aliphatic carbocycles. The number of rotatable bonds is 6. The molecule has 110 valence electrons. The minimum atomic E-state index is 0.0252. The van der Waals surface area contributed by atoms with E-state index in [0.717, 1.165) is 27.4 Å². The number of hydrogen-bond acceptors (Lipinski definition) is 7.